The molecule has 3 aromatic rings. The Bertz CT molecular complexity index is 1480. The number of aliphatic imine (C=N–C) groups is 1. The van der Waals surface area contributed by atoms with Gasteiger partial charge in [-0.05, 0) is 79.3 Å². The van der Waals surface area contributed by atoms with Gasteiger partial charge in [-0.2, -0.15) is 0 Å². The van der Waals surface area contributed by atoms with Crippen LogP contribution in [0.1, 0.15) is 44.7 Å². The van der Waals surface area contributed by atoms with Gasteiger partial charge >= 0.3 is 0 Å². The van der Waals surface area contributed by atoms with Gasteiger partial charge in [-0.25, -0.2) is 4.39 Å². The average Bonchev–Trinajstić information content (AvgIpc) is 3.55. The highest BCUT2D eigenvalue weighted by molar-refractivity contribution is 6.15. The number of carbonyl (C=O) groups is 2. The predicted molar refractivity (Wildman–Crippen MR) is 144 cm³/mol. The third kappa shape index (κ3) is 4.12. The van der Waals surface area contributed by atoms with Crippen LogP contribution in [0.15, 0.2) is 59.6 Å². The molecule has 0 N–H and O–H groups in total. The van der Waals surface area contributed by atoms with Gasteiger partial charge in [0.05, 0.1) is 0 Å². The Morgan fingerprint density at radius 3 is 2.32 bits per heavy atom. The van der Waals surface area contributed by atoms with Crippen LogP contribution in [0.5, 0.6) is 0 Å². The molecule has 1 aliphatic carbocycles. The van der Waals surface area contributed by atoms with Crippen molar-refractivity contribution in [2.45, 2.75) is 46.1 Å². The van der Waals surface area contributed by atoms with Crippen LogP contribution in [0.2, 0.25) is 0 Å². The predicted octanol–water partition coefficient (Wildman–Crippen LogP) is 5.58. The van der Waals surface area contributed by atoms with Crippen molar-refractivity contribution >= 4 is 28.4 Å². The Morgan fingerprint density at radius 2 is 1.62 bits per heavy atom. The largest absolute Gasteiger partial charge is 0.341 e. The van der Waals surface area contributed by atoms with Crippen LogP contribution in [-0.2, 0) is 9.59 Å². The highest BCUT2D eigenvalue weighted by Crippen LogP contribution is 2.47. The topological polar surface area (TPSA) is 53.0 Å². The van der Waals surface area contributed by atoms with Gasteiger partial charge in [0.15, 0.2) is 0 Å². The third-order valence-electron chi connectivity index (χ3n) is 8.21. The fourth-order valence-electron chi connectivity index (χ4n) is 5.56. The van der Waals surface area contributed by atoms with Crippen molar-refractivity contribution in [1.82, 2.24) is 9.80 Å². The van der Waals surface area contributed by atoms with Crippen LogP contribution in [-0.4, -0.2) is 52.6 Å². The van der Waals surface area contributed by atoms with Gasteiger partial charge in [0.1, 0.15) is 17.2 Å². The molecule has 0 atom stereocenters. The lowest BCUT2D eigenvalue weighted by atomic mass is 9.94. The molecule has 5 nitrogen and oxygen atoms in total. The summed E-state index contributed by atoms with van der Waals surface area (Å²) in [5, 5.41) is 1.86. The monoisotopic (exact) mass is 497 g/mol. The molecule has 1 saturated heterocycles. The zero-order chi connectivity index (χ0) is 26.1. The molecule has 2 aliphatic heterocycles. The normalized spacial score (nSPS) is 20.2. The van der Waals surface area contributed by atoms with Crippen LogP contribution in [0.25, 0.3) is 21.9 Å². The first kappa shape index (κ1) is 23.8. The summed E-state index contributed by atoms with van der Waals surface area (Å²) in [6.45, 7) is 9.80. The van der Waals surface area contributed by atoms with Gasteiger partial charge in [0.25, 0.3) is 5.91 Å². The van der Waals surface area contributed by atoms with E-state index >= 15 is 0 Å². The van der Waals surface area contributed by atoms with E-state index in [1.165, 1.54) is 6.07 Å². The van der Waals surface area contributed by atoms with Gasteiger partial charge in [-0.3, -0.25) is 19.5 Å². The Labute approximate surface area is 217 Å². The van der Waals surface area contributed by atoms with Gasteiger partial charge < -0.3 is 4.90 Å². The van der Waals surface area contributed by atoms with E-state index in [1.807, 2.05) is 55.7 Å². The number of hydrogen-bond acceptors (Lipinski definition) is 3. The zero-order valence-electron chi connectivity index (χ0n) is 21.8. The van der Waals surface area contributed by atoms with Crippen LogP contribution >= 0.6 is 0 Å². The minimum atomic E-state index is -0.811. The number of amides is 2. The van der Waals surface area contributed by atoms with E-state index in [0.717, 1.165) is 45.9 Å². The molecular formula is C31H32FN3O2. The molecule has 0 unspecified atom stereocenters. The Hall–Kier alpha value is -3.54. The highest BCUT2D eigenvalue weighted by atomic mass is 19.1. The van der Waals surface area contributed by atoms with Crippen LogP contribution < -0.4 is 0 Å². The summed E-state index contributed by atoms with van der Waals surface area (Å²) >= 11 is 0. The van der Waals surface area contributed by atoms with Crippen molar-refractivity contribution in [1.29, 1.82) is 0 Å². The molecule has 2 fully saturated rings. The molecule has 3 aliphatic rings. The Balaban J connectivity index is 1.24. The molecule has 2 heterocycles. The molecule has 0 radical (unpaired) electrons. The van der Waals surface area contributed by atoms with Gasteiger partial charge in [0, 0.05) is 36.5 Å². The lowest BCUT2D eigenvalue weighted by Crippen LogP contribution is -2.56. The second-order valence-electron chi connectivity index (χ2n) is 11.8. The third-order valence-corrected chi connectivity index (χ3v) is 8.21. The SMILES string of the molecule is Cc1cc(-c2ccc3cc(F)ccc3c2)ccc1C1=NC(C)(C)C(=O)N1CC1CN(C(=O)C2(C)CC2)C1. The van der Waals surface area contributed by atoms with Gasteiger partial charge in [-0.1, -0.05) is 43.3 Å². The first-order valence-corrected chi connectivity index (χ1v) is 13.1. The molecule has 37 heavy (non-hydrogen) atoms. The van der Waals surface area contributed by atoms with Gasteiger partial charge in [0.2, 0.25) is 5.91 Å². The molecule has 6 rings (SSSR count). The highest BCUT2D eigenvalue weighted by Gasteiger charge is 2.50. The summed E-state index contributed by atoms with van der Waals surface area (Å²) in [6, 6.07) is 17.1. The second kappa shape index (κ2) is 8.23. The Kier molecular flexibility index (Phi) is 5.30. The van der Waals surface area contributed by atoms with Crippen molar-refractivity contribution in [3.8, 4) is 11.1 Å². The summed E-state index contributed by atoms with van der Waals surface area (Å²) in [4.78, 5) is 34.6. The summed E-state index contributed by atoms with van der Waals surface area (Å²) in [5.74, 6) is 1.00. The quantitative estimate of drug-likeness (QED) is 0.462. The number of nitrogens with zero attached hydrogens (tertiary/aromatic N) is 3. The lowest BCUT2D eigenvalue weighted by Gasteiger charge is -2.42. The summed E-state index contributed by atoms with van der Waals surface area (Å²) in [6.07, 6.45) is 1.96. The fraction of sp³-hybridized carbons (Fsp3) is 0.387. The Morgan fingerprint density at radius 1 is 0.973 bits per heavy atom. The molecule has 3 aromatic carbocycles. The van der Waals surface area contributed by atoms with E-state index in [2.05, 4.69) is 18.2 Å². The van der Waals surface area contributed by atoms with Crippen molar-refractivity contribution in [2.75, 3.05) is 19.6 Å². The summed E-state index contributed by atoms with van der Waals surface area (Å²) in [5.41, 5.74) is 3.14. The number of halogens is 1. The fourth-order valence-corrected chi connectivity index (χ4v) is 5.56. The number of likely N-dealkylation sites (tertiary alicyclic amines) is 1. The molecule has 0 bridgehead atoms. The number of carbonyl (C=O) groups excluding carboxylic acids is 2. The maximum Gasteiger partial charge on any atom is 0.255 e. The van der Waals surface area contributed by atoms with E-state index in [1.54, 1.807) is 12.1 Å². The molecule has 0 spiro atoms. The maximum atomic E-state index is 13.6. The standard InChI is InChI=1S/C31H32FN3O2/c1-19-13-21(22-5-6-24-15-25(32)9-7-23(24)14-22)8-10-26(19)27-33-30(2,3)28(36)35(27)18-20-16-34(17-20)29(37)31(4)11-12-31/h5-10,13-15,20H,11-12,16-18H2,1-4H3. The van der Waals surface area contributed by atoms with Crippen LogP contribution in [0, 0.1) is 24.1 Å². The molecule has 190 valence electrons. The summed E-state index contributed by atoms with van der Waals surface area (Å²) < 4.78 is 13.6. The molecule has 0 aromatic heterocycles. The number of hydrogen-bond donors (Lipinski definition) is 0. The van der Waals surface area contributed by atoms with Crippen molar-refractivity contribution < 1.29 is 14.0 Å². The smallest absolute Gasteiger partial charge is 0.255 e. The molecule has 6 heteroatoms. The van der Waals surface area contributed by atoms with Crippen molar-refractivity contribution in [2.24, 2.45) is 16.3 Å². The molecular weight excluding hydrogens is 465 g/mol. The first-order valence-electron chi connectivity index (χ1n) is 13.1. The minimum absolute atomic E-state index is 0.00618. The minimum Gasteiger partial charge on any atom is -0.341 e. The number of fused-ring (bicyclic) bond motifs is 1. The van der Waals surface area contributed by atoms with Crippen LogP contribution in [0.3, 0.4) is 0 Å². The van der Waals surface area contributed by atoms with Crippen molar-refractivity contribution in [3.05, 3.63) is 71.5 Å². The molecule has 2 amide bonds. The van der Waals surface area contributed by atoms with Crippen LogP contribution in [0.4, 0.5) is 4.39 Å². The lowest BCUT2D eigenvalue weighted by molar-refractivity contribution is -0.143. The summed E-state index contributed by atoms with van der Waals surface area (Å²) in [7, 11) is 0. The average molecular weight is 498 g/mol. The maximum absolute atomic E-state index is 13.6. The number of aryl methyl sites for hydroxylation is 1. The first-order chi connectivity index (χ1) is 17.5. The zero-order valence-corrected chi connectivity index (χ0v) is 21.8. The number of rotatable bonds is 5. The van der Waals surface area contributed by atoms with E-state index < -0.39 is 5.54 Å². The van der Waals surface area contributed by atoms with Gasteiger partial charge in [-0.15, -0.1) is 0 Å². The van der Waals surface area contributed by atoms with E-state index in [9.17, 15) is 14.0 Å². The molecule has 1 saturated carbocycles. The van der Waals surface area contributed by atoms with Crippen molar-refractivity contribution in [3.63, 3.8) is 0 Å². The van der Waals surface area contributed by atoms with E-state index in [-0.39, 0.29) is 29.0 Å². The van der Waals surface area contributed by atoms with E-state index in [4.69, 9.17) is 4.99 Å². The second-order valence-corrected chi connectivity index (χ2v) is 11.8. The van der Waals surface area contributed by atoms with E-state index in [0.29, 0.717) is 25.5 Å². The number of amidine groups is 1. The number of benzene rings is 3.